The Kier molecular flexibility index (Phi) is 5.39. The molecule has 1 fully saturated rings. The Bertz CT molecular complexity index is 531. The van der Waals surface area contributed by atoms with E-state index in [2.05, 4.69) is 11.8 Å². The van der Waals surface area contributed by atoms with Crippen LogP contribution in [-0.4, -0.2) is 47.4 Å². The standard InChI is InChI=1S/C18H28N2O3/c1-5-20(15-8-6-7-9-16(15)21)14-10-12-19(13-11-14)17(22)23-18(2,3)4/h6-9,14,21H,5,10-13H2,1-4H3. The van der Waals surface area contributed by atoms with E-state index in [1.807, 2.05) is 39.0 Å². The van der Waals surface area contributed by atoms with Crippen molar-refractivity contribution in [1.82, 2.24) is 4.90 Å². The maximum Gasteiger partial charge on any atom is 0.410 e. The second-order valence-electron chi connectivity index (χ2n) is 6.97. The molecule has 5 nitrogen and oxygen atoms in total. The van der Waals surface area contributed by atoms with Crippen LogP contribution in [0.5, 0.6) is 5.75 Å². The van der Waals surface area contributed by atoms with Crippen molar-refractivity contribution in [3.05, 3.63) is 24.3 Å². The van der Waals surface area contributed by atoms with Crippen molar-refractivity contribution in [3.8, 4) is 5.75 Å². The highest BCUT2D eigenvalue weighted by atomic mass is 16.6. The summed E-state index contributed by atoms with van der Waals surface area (Å²) in [5.74, 6) is 0.309. The van der Waals surface area contributed by atoms with Gasteiger partial charge in [-0.25, -0.2) is 4.79 Å². The predicted octanol–water partition coefficient (Wildman–Crippen LogP) is 3.62. The van der Waals surface area contributed by atoms with Crippen LogP contribution in [-0.2, 0) is 4.74 Å². The maximum absolute atomic E-state index is 12.1. The van der Waals surface area contributed by atoms with Gasteiger partial charge in [0.15, 0.2) is 0 Å². The van der Waals surface area contributed by atoms with Crippen molar-refractivity contribution < 1.29 is 14.6 Å². The van der Waals surface area contributed by atoms with E-state index in [4.69, 9.17) is 4.74 Å². The zero-order valence-electron chi connectivity index (χ0n) is 14.6. The van der Waals surface area contributed by atoms with Crippen LogP contribution in [0, 0.1) is 0 Å². The minimum Gasteiger partial charge on any atom is -0.506 e. The monoisotopic (exact) mass is 320 g/mol. The van der Waals surface area contributed by atoms with Gasteiger partial charge in [-0.1, -0.05) is 12.1 Å². The van der Waals surface area contributed by atoms with Gasteiger partial charge in [0.1, 0.15) is 11.4 Å². The Morgan fingerprint density at radius 2 is 1.91 bits per heavy atom. The number of carbonyl (C=O) groups excluding carboxylic acids is 1. The first-order valence-electron chi connectivity index (χ1n) is 8.34. The third-order valence-corrected chi connectivity index (χ3v) is 4.09. The minimum atomic E-state index is -0.459. The number of piperidine rings is 1. The van der Waals surface area contributed by atoms with Crippen LogP contribution >= 0.6 is 0 Å². The van der Waals surface area contributed by atoms with E-state index in [1.165, 1.54) is 0 Å². The molecular weight excluding hydrogens is 292 g/mol. The summed E-state index contributed by atoms with van der Waals surface area (Å²) in [4.78, 5) is 16.1. The first-order valence-corrected chi connectivity index (χ1v) is 8.34. The van der Waals surface area contributed by atoms with Gasteiger partial charge in [-0.2, -0.15) is 0 Å². The molecule has 1 aliphatic rings. The largest absolute Gasteiger partial charge is 0.506 e. The first-order chi connectivity index (χ1) is 10.8. The van der Waals surface area contributed by atoms with E-state index < -0.39 is 5.60 Å². The number of rotatable bonds is 3. The number of likely N-dealkylation sites (tertiary alicyclic amines) is 1. The van der Waals surface area contributed by atoms with Crippen molar-refractivity contribution in [3.63, 3.8) is 0 Å². The average Bonchev–Trinajstić information content (AvgIpc) is 2.49. The summed E-state index contributed by atoms with van der Waals surface area (Å²) < 4.78 is 5.44. The number of phenols is 1. The van der Waals surface area contributed by atoms with Gasteiger partial charge in [-0.15, -0.1) is 0 Å². The molecule has 0 spiro atoms. The van der Waals surface area contributed by atoms with Crippen molar-refractivity contribution in [2.24, 2.45) is 0 Å². The van der Waals surface area contributed by atoms with Crippen molar-refractivity contribution in [1.29, 1.82) is 0 Å². The molecule has 1 aromatic carbocycles. The number of benzene rings is 1. The Labute approximate surface area is 138 Å². The number of aromatic hydroxyl groups is 1. The molecule has 1 amide bonds. The fourth-order valence-electron chi connectivity index (χ4n) is 3.02. The summed E-state index contributed by atoms with van der Waals surface area (Å²) in [6, 6.07) is 7.75. The minimum absolute atomic E-state index is 0.235. The van der Waals surface area contributed by atoms with Gasteiger partial charge < -0.3 is 19.6 Å². The highest BCUT2D eigenvalue weighted by Crippen LogP contribution is 2.31. The lowest BCUT2D eigenvalue weighted by atomic mass is 10.0. The number of amides is 1. The summed E-state index contributed by atoms with van der Waals surface area (Å²) >= 11 is 0. The first kappa shape index (κ1) is 17.4. The molecular formula is C18H28N2O3. The van der Waals surface area contributed by atoms with E-state index in [1.54, 1.807) is 11.0 Å². The van der Waals surface area contributed by atoms with Crippen LogP contribution in [0.3, 0.4) is 0 Å². The lowest BCUT2D eigenvalue weighted by Gasteiger charge is -2.39. The van der Waals surface area contributed by atoms with Crippen LogP contribution in [0.15, 0.2) is 24.3 Å². The molecule has 5 heteroatoms. The van der Waals surface area contributed by atoms with Gasteiger partial charge in [0.25, 0.3) is 0 Å². The van der Waals surface area contributed by atoms with E-state index in [9.17, 15) is 9.90 Å². The van der Waals surface area contributed by atoms with Gasteiger partial charge >= 0.3 is 6.09 Å². The van der Waals surface area contributed by atoms with Gasteiger partial charge in [-0.3, -0.25) is 0 Å². The molecule has 1 N–H and O–H groups in total. The van der Waals surface area contributed by atoms with Crippen LogP contribution in [0.25, 0.3) is 0 Å². The van der Waals surface area contributed by atoms with Crippen LogP contribution in [0.2, 0.25) is 0 Å². The Morgan fingerprint density at radius 1 is 1.30 bits per heavy atom. The lowest BCUT2D eigenvalue weighted by molar-refractivity contribution is 0.0205. The zero-order chi connectivity index (χ0) is 17.0. The molecule has 1 aliphatic heterocycles. The Balaban J connectivity index is 1.98. The maximum atomic E-state index is 12.1. The lowest BCUT2D eigenvalue weighted by Crippen LogP contribution is -2.48. The van der Waals surface area contributed by atoms with Gasteiger partial charge in [0.05, 0.1) is 5.69 Å². The molecule has 1 aromatic rings. The molecule has 128 valence electrons. The molecule has 2 rings (SSSR count). The fraction of sp³-hybridized carbons (Fsp3) is 0.611. The zero-order valence-corrected chi connectivity index (χ0v) is 14.6. The molecule has 0 bridgehead atoms. The third-order valence-electron chi connectivity index (χ3n) is 4.09. The third kappa shape index (κ3) is 4.53. The fourth-order valence-corrected chi connectivity index (χ4v) is 3.02. The van der Waals surface area contributed by atoms with Crippen LogP contribution < -0.4 is 4.90 Å². The summed E-state index contributed by atoms with van der Waals surface area (Å²) in [6.45, 7) is 9.94. The average molecular weight is 320 g/mol. The van der Waals surface area contributed by atoms with Crippen molar-refractivity contribution in [2.45, 2.75) is 52.2 Å². The van der Waals surface area contributed by atoms with Crippen molar-refractivity contribution in [2.75, 3.05) is 24.5 Å². The molecule has 0 unspecified atom stereocenters. The van der Waals surface area contributed by atoms with Crippen LogP contribution in [0.4, 0.5) is 10.5 Å². The number of ether oxygens (including phenoxy) is 1. The number of hydrogen-bond acceptors (Lipinski definition) is 4. The van der Waals surface area contributed by atoms with E-state index in [-0.39, 0.29) is 6.09 Å². The predicted molar refractivity (Wildman–Crippen MR) is 92.0 cm³/mol. The highest BCUT2D eigenvalue weighted by molar-refractivity contribution is 5.68. The topological polar surface area (TPSA) is 53.0 Å². The summed E-state index contributed by atoms with van der Waals surface area (Å²) in [5.41, 5.74) is 0.407. The summed E-state index contributed by atoms with van der Waals surface area (Å²) in [5, 5.41) is 10.1. The molecule has 0 saturated carbocycles. The number of anilines is 1. The Morgan fingerprint density at radius 3 is 2.43 bits per heavy atom. The quantitative estimate of drug-likeness (QED) is 0.924. The smallest absolute Gasteiger partial charge is 0.410 e. The number of para-hydroxylation sites is 2. The number of phenolic OH excluding ortho intramolecular Hbond substituents is 1. The molecule has 1 heterocycles. The highest BCUT2D eigenvalue weighted by Gasteiger charge is 2.29. The molecule has 23 heavy (non-hydrogen) atoms. The molecule has 0 aromatic heterocycles. The number of hydrogen-bond donors (Lipinski definition) is 1. The second kappa shape index (κ2) is 7.11. The second-order valence-corrected chi connectivity index (χ2v) is 6.97. The number of carbonyl (C=O) groups is 1. The normalized spacial score (nSPS) is 16.3. The van der Waals surface area contributed by atoms with Gasteiger partial charge in [0.2, 0.25) is 0 Å². The van der Waals surface area contributed by atoms with E-state index in [0.29, 0.717) is 24.9 Å². The van der Waals surface area contributed by atoms with Crippen molar-refractivity contribution >= 4 is 11.8 Å². The summed E-state index contributed by atoms with van der Waals surface area (Å²) in [6.07, 6.45) is 1.52. The van der Waals surface area contributed by atoms with Gasteiger partial charge in [-0.05, 0) is 52.7 Å². The SMILES string of the molecule is CCN(c1ccccc1O)C1CCN(C(=O)OC(C)(C)C)CC1. The molecule has 1 saturated heterocycles. The van der Waals surface area contributed by atoms with Gasteiger partial charge in [0, 0.05) is 25.7 Å². The Hall–Kier alpha value is -1.91. The number of nitrogens with zero attached hydrogens (tertiary/aromatic N) is 2. The van der Waals surface area contributed by atoms with Crippen LogP contribution in [0.1, 0.15) is 40.5 Å². The molecule has 0 aliphatic carbocycles. The molecule has 0 radical (unpaired) electrons. The summed E-state index contributed by atoms with van der Waals surface area (Å²) in [7, 11) is 0. The molecule has 0 atom stereocenters. The van der Waals surface area contributed by atoms with E-state index in [0.717, 1.165) is 25.1 Å². The van der Waals surface area contributed by atoms with E-state index >= 15 is 0 Å².